The van der Waals surface area contributed by atoms with Gasteiger partial charge in [0.05, 0.1) is 12.7 Å². The zero-order chi connectivity index (χ0) is 20.0. The van der Waals surface area contributed by atoms with Crippen LogP contribution < -0.4 is 4.74 Å². The fourth-order valence-corrected chi connectivity index (χ4v) is 3.08. The number of pyridine rings is 1. The molecule has 6 heteroatoms. The monoisotopic (exact) mass is 386 g/mol. The van der Waals surface area contributed by atoms with Crippen molar-refractivity contribution in [1.82, 2.24) is 9.88 Å². The van der Waals surface area contributed by atoms with Gasteiger partial charge in [0.15, 0.2) is 0 Å². The lowest BCUT2D eigenvalue weighted by Crippen LogP contribution is -2.24. The van der Waals surface area contributed by atoms with E-state index in [1.54, 1.807) is 25.6 Å². The van der Waals surface area contributed by atoms with Gasteiger partial charge in [0.25, 0.3) is 0 Å². The van der Waals surface area contributed by atoms with Gasteiger partial charge in [0.2, 0.25) is 0 Å². The Bertz CT molecular complexity index is 880. The topological polar surface area (TPSA) is 25.4 Å². The fraction of sp³-hybridized carbons (Fsp3) is 0.227. The molecule has 1 heterocycles. The Balaban J connectivity index is 1.86. The first-order valence-corrected chi connectivity index (χ1v) is 8.85. The molecular weight excluding hydrogens is 365 g/mol. The molecule has 0 atom stereocenters. The van der Waals surface area contributed by atoms with Crippen molar-refractivity contribution in [3.63, 3.8) is 0 Å². The third kappa shape index (κ3) is 5.33. The first kappa shape index (κ1) is 19.9. The largest absolute Gasteiger partial charge is 0.497 e. The summed E-state index contributed by atoms with van der Waals surface area (Å²) in [5.41, 5.74) is 1.66. The molecule has 146 valence electrons. The molecule has 0 saturated heterocycles. The van der Waals surface area contributed by atoms with Gasteiger partial charge in [0.1, 0.15) is 5.75 Å². The maximum absolute atomic E-state index is 13.4. The number of methoxy groups -OCH3 is 1. The second kappa shape index (κ2) is 8.89. The number of alkyl halides is 3. The second-order valence-electron chi connectivity index (χ2n) is 6.50. The molecular formula is C22H21F3N2O. The molecule has 3 nitrogen and oxygen atoms in total. The molecule has 0 bridgehead atoms. The zero-order valence-electron chi connectivity index (χ0n) is 15.5. The van der Waals surface area contributed by atoms with Crippen LogP contribution in [0.15, 0.2) is 73.1 Å². The minimum atomic E-state index is -4.38. The molecule has 3 rings (SSSR count). The standard InChI is InChI=1S/C22H21F3N2O/c1-28-20-8-6-17(7-9-20)14-27(15-18-10-12-26-13-11-18)16-19-4-2-3-5-21(19)22(23,24)25/h2-13H,14-16H2,1H3. The number of halogens is 3. The maximum atomic E-state index is 13.4. The van der Waals surface area contributed by atoms with Crippen molar-refractivity contribution in [3.05, 3.63) is 95.3 Å². The van der Waals surface area contributed by atoms with Crippen LogP contribution in [0.5, 0.6) is 5.75 Å². The van der Waals surface area contributed by atoms with E-state index in [0.717, 1.165) is 22.9 Å². The molecule has 1 aromatic heterocycles. The summed E-state index contributed by atoms with van der Waals surface area (Å²) in [6.45, 7) is 1.21. The van der Waals surface area contributed by atoms with Crippen molar-refractivity contribution >= 4 is 0 Å². The zero-order valence-corrected chi connectivity index (χ0v) is 15.5. The number of ether oxygens (including phenoxy) is 1. The summed E-state index contributed by atoms with van der Waals surface area (Å²) in [5.74, 6) is 0.742. The van der Waals surface area contributed by atoms with Crippen LogP contribution >= 0.6 is 0 Å². The number of aromatic nitrogens is 1. The van der Waals surface area contributed by atoms with Crippen molar-refractivity contribution in [2.45, 2.75) is 25.8 Å². The molecule has 0 N–H and O–H groups in total. The highest BCUT2D eigenvalue weighted by molar-refractivity contribution is 5.30. The van der Waals surface area contributed by atoms with E-state index in [9.17, 15) is 13.2 Å². The van der Waals surface area contributed by atoms with E-state index in [4.69, 9.17) is 4.74 Å². The average Bonchev–Trinajstić information content (AvgIpc) is 2.69. The molecule has 3 aromatic rings. The van der Waals surface area contributed by atoms with Crippen molar-refractivity contribution in [2.75, 3.05) is 7.11 Å². The fourth-order valence-electron chi connectivity index (χ4n) is 3.08. The Morgan fingerprint density at radius 3 is 2.04 bits per heavy atom. The highest BCUT2D eigenvalue weighted by Crippen LogP contribution is 2.32. The van der Waals surface area contributed by atoms with Crippen LogP contribution in [-0.2, 0) is 25.8 Å². The highest BCUT2D eigenvalue weighted by Gasteiger charge is 2.33. The Labute approximate surface area is 162 Å². The van der Waals surface area contributed by atoms with E-state index in [1.165, 1.54) is 12.1 Å². The molecule has 0 spiro atoms. The van der Waals surface area contributed by atoms with Crippen LogP contribution in [0.2, 0.25) is 0 Å². The van der Waals surface area contributed by atoms with Crippen molar-refractivity contribution < 1.29 is 17.9 Å². The molecule has 0 radical (unpaired) electrons. The number of benzene rings is 2. The Hall–Kier alpha value is -2.86. The smallest absolute Gasteiger partial charge is 0.416 e. The summed E-state index contributed by atoms with van der Waals surface area (Å²) >= 11 is 0. The summed E-state index contributed by atoms with van der Waals surface area (Å²) < 4.78 is 45.4. The Morgan fingerprint density at radius 1 is 0.821 bits per heavy atom. The third-order valence-electron chi connectivity index (χ3n) is 4.44. The summed E-state index contributed by atoms with van der Waals surface area (Å²) in [7, 11) is 1.60. The van der Waals surface area contributed by atoms with E-state index in [-0.39, 0.29) is 12.1 Å². The lowest BCUT2D eigenvalue weighted by molar-refractivity contribution is -0.138. The van der Waals surface area contributed by atoms with Crippen molar-refractivity contribution in [2.24, 2.45) is 0 Å². The van der Waals surface area contributed by atoms with E-state index in [0.29, 0.717) is 13.1 Å². The molecule has 0 saturated carbocycles. The molecule has 0 fully saturated rings. The van der Waals surface area contributed by atoms with Gasteiger partial charge in [-0.15, -0.1) is 0 Å². The lowest BCUT2D eigenvalue weighted by Gasteiger charge is -2.24. The van der Waals surface area contributed by atoms with Crippen LogP contribution in [0.25, 0.3) is 0 Å². The average molecular weight is 386 g/mol. The van der Waals surface area contributed by atoms with Gasteiger partial charge in [-0.05, 0) is 47.0 Å². The predicted molar refractivity (Wildman–Crippen MR) is 102 cm³/mol. The first-order valence-electron chi connectivity index (χ1n) is 8.85. The van der Waals surface area contributed by atoms with E-state index >= 15 is 0 Å². The van der Waals surface area contributed by atoms with Crippen molar-refractivity contribution in [3.8, 4) is 5.75 Å². The summed E-state index contributed by atoms with van der Waals surface area (Å²) in [4.78, 5) is 5.99. The van der Waals surface area contributed by atoms with E-state index in [2.05, 4.69) is 4.98 Å². The first-order chi connectivity index (χ1) is 13.5. The van der Waals surface area contributed by atoms with Crippen LogP contribution in [0.3, 0.4) is 0 Å². The third-order valence-corrected chi connectivity index (χ3v) is 4.44. The molecule has 0 aliphatic rings. The van der Waals surface area contributed by atoms with E-state index in [1.807, 2.05) is 41.3 Å². The van der Waals surface area contributed by atoms with Crippen LogP contribution in [0.1, 0.15) is 22.3 Å². The quantitative estimate of drug-likeness (QED) is 0.550. The van der Waals surface area contributed by atoms with Gasteiger partial charge in [-0.25, -0.2) is 0 Å². The van der Waals surface area contributed by atoms with Gasteiger partial charge in [-0.2, -0.15) is 13.2 Å². The normalized spacial score (nSPS) is 11.6. The minimum absolute atomic E-state index is 0.185. The molecule has 0 unspecified atom stereocenters. The Kier molecular flexibility index (Phi) is 6.31. The lowest BCUT2D eigenvalue weighted by atomic mass is 10.1. The van der Waals surface area contributed by atoms with Gasteiger partial charge in [-0.3, -0.25) is 9.88 Å². The van der Waals surface area contributed by atoms with E-state index < -0.39 is 11.7 Å². The van der Waals surface area contributed by atoms with Gasteiger partial charge in [0, 0.05) is 32.0 Å². The number of rotatable bonds is 7. The molecule has 0 amide bonds. The van der Waals surface area contributed by atoms with Crippen LogP contribution in [-0.4, -0.2) is 17.0 Å². The SMILES string of the molecule is COc1ccc(CN(Cc2ccncc2)Cc2ccccc2C(F)(F)F)cc1. The maximum Gasteiger partial charge on any atom is 0.416 e. The highest BCUT2D eigenvalue weighted by atomic mass is 19.4. The van der Waals surface area contributed by atoms with Gasteiger partial charge >= 0.3 is 6.18 Å². The van der Waals surface area contributed by atoms with Gasteiger partial charge in [-0.1, -0.05) is 30.3 Å². The number of hydrogen-bond donors (Lipinski definition) is 0. The summed E-state index contributed by atoms with van der Waals surface area (Å²) in [5, 5.41) is 0. The number of hydrogen-bond acceptors (Lipinski definition) is 3. The molecule has 0 aliphatic carbocycles. The summed E-state index contributed by atoms with van der Waals surface area (Å²) in [6, 6.07) is 17.0. The van der Waals surface area contributed by atoms with Gasteiger partial charge < -0.3 is 4.74 Å². The van der Waals surface area contributed by atoms with Crippen molar-refractivity contribution in [1.29, 1.82) is 0 Å². The van der Waals surface area contributed by atoms with Crippen LogP contribution in [0, 0.1) is 0 Å². The number of nitrogens with zero attached hydrogens (tertiary/aromatic N) is 2. The van der Waals surface area contributed by atoms with Crippen LogP contribution in [0.4, 0.5) is 13.2 Å². The predicted octanol–water partition coefficient (Wildman–Crippen LogP) is 5.31. The molecule has 0 aliphatic heterocycles. The summed E-state index contributed by atoms with van der Waals surface area (Å²) in [6.07, 6.45) is -1.01. The Morgan fingerprint density at radius 2 is 1.43 bits per heavy atom. The molecule has 28 heavy (non-hydrogen) atoms. The minimum Gasteiger partial charge on any atom is -0.497 e. The second-order valence-corrected chi connectivity index (χ2v) is 6.50. The molecule has 2 aromatic carbocycles.